The van der Waals surface area contributed by atoms with E-state index >= 15 is 0 Å². The molecule has 1 heterocycles. The summed E-state index contributed by atoms with van der Waals surface area (Å²) < 4.78 is 5.73. The molecule has 0 bridgehead atoms. The number of nitrogens with one attached hydrogen (secondary N) is 2. The fraction of sp³-hybridized carbons (Fsp3) is 0.611. The summed E-state index contributed by atoms with van der Waals surface area (Å²) >= 11 is 0. The average Bonchev–Trinajstić information content (AvgIpc) is 2.97. The molecule has 0 saturated carbocycles. The zero-order chi connectivity index (χ0) is 16.2. The van der Waals surface area contributed by atoms with Crippen LogP contribution in [-0.2, 0) is 10.2 Å². The fourth-order valence-electron chi connectivity index (χ4n) is 2.59. The summed E-state index contributed by atoms with van der Waals surface area (Å²) in [5.74, 6) is 0.670. The van der Waals surface area contributed by atoms with Gasteiger partial charge in [0.2, 0.25) is 0 Å². The summed E-state index contributed by atoms with van der Waals surface area (Å²) in [6, 6.07) is 8.39. The van der Waals surface area contributed by atoms with E-state index in [2.05, 4.69) is 43.5 Å². The van der Waals surface area contributed by atoms with Crippen molar-refractivity contribution in [2.45, 2.75) is 58.1 Å². The van der Waals surface area contributed by atoms with Crippen LogP contribution in [0.3, 0.4) is 0 Å². The molecule has 4 nitrogen and oxygen atoms in total. The van der Waals surface area contributed by atoms with E-state index in [4.69, 9.17) is 4.74 Å². The minimum atomic E-state index is -0.484. The predicted molar refractivity (Wildman–Crippen MR) is 89.3 cm³/mol. The van der Waals surface area contributed by atoms with Crippen molar-refractivity contribution in [3.63, 3.8) is 0 Å². The van der Waals surface area contributed by atoms with Crippen LogP contribution in [0.5, 0.6) is 5.75 Å². The van der Waals surface area contributed by atoms with Crippen molar-refractivity contribution in [2.75, 3.05) is 13.1 Å². The number of carbonyl (C=O) groups is 1. The molecule has 1 aliphatic heterocycles. The third-order valence-corrected chi connectivity index (χ3v) is 4.09. The maximum absolute atomic E-state index is 12.1. The van der Waals surface area contributed by atoms with E-state index in [1.54, 1.807) is 6.92 Å². The maximum Gasteiger partial charge on any atom is 0.260 e. The van der Waals surface area contributed by atoms with Gasteiger partial charge in [-0.05, 0) is 49.4 Å². The number of rotatable bonds is 5. The molecular formula is C18H28N2O2. The van der Waals surface area contributed by atoms with Crippen molar-refractivity contribution in [1.29, 1.82) is 0 Å². The van der Waals surface area contributed by atoms with E-state index in [1.165, 1.54) is 12.0 Å². The lowest BCUT2D eigenvalue weighted by atomic mass is 9.87. The quantitative estimate of drug-likeness (QED) is 0.879. The van der Waals surface area contributed by atoms with Gasteiger partial charge in [0.15, 0.2) is 6.10 Å². The Morgan fingerprint density at radius 1 is 1.36 bits per heavy atom. The number of carbonyl (C=O) groups excluding carboxylic acids is 1. The average molecular weight is 304 g/mol. The molecule has 1 aliphatic rings. The molecule has 1 amide bonds. The standard InChI is InChI=1S/C18H28N2O2/c1-13(17(21)20-12-15-6-5-11-19-15)22-16-9-7-14(8-10-16)18(2,3)4/h7-10,13,15,19H,5-6,11-12H2,1-4H3,(H,20,21). The van der Waals surface area contributed by atoms with Crippen LogP contribution in [0.4, 0.5) is 0 Å². The van der Waals surface area contributed by atoms with Crippen LogP contribution >= 0.6 is 0 Å². The first kappa shape index (κ1) is 16.8. The lowest BCUT2D eigenvalue weighted by Crippen LogP contribution is -2.42. The number of hydrogen-bond acceptors (Lipinski definition) is 3. The van der Waals surface area contributed by atoms with E-state index in [-0.39, 0.29) is 11.3 Å². The van der Waals surface area contributed by atoms with Crippen molar-refractivity contribution >= 4 is 5.91 Å². The molecule has 1 aromatic carbocycles. The molecule has 2 atom stereocenters. The van der Waals surface area contributed by atoms with E-state index in [0.29, 0.717) is 12.6 Å². The highest BCUT2D eigenvalue weighted by Gasteiger charge is 2.19. The molecule has 1 saturated heterocycles. The van der Waals surface area contributed by atoms with Gasteiger partial charge < -0.3 is 15.4 Å². The Morgan fingerprint density at radius 3 is 2.59 bits per heavy atom. The minimum Gasteiger partial charge on any atom is -0.481 e. The molecule has 122 valence electrons. The van der Waals surface area contributed by atoms with Gasteiger partial charge in [0.1, 0.15) is 5.75 Å². The van der Waals surface area contributed by atoms with Gasteiger partial charge in [0.05, 0.1) is 0 Å². The van der Waals surface area contributed by atoms with Gasteiger partial charge in [-0.25, -0.2) is 0 Å². The van der Waals surface area contributed by atoms with Crippen LogP contribution in [0, 0.1) is 0 Å². The van der Waals surface area contributed by atoms with E-state index < -0.39 is 6.10 Å². The molecule has 0 aromatic heterocycles. The number of benzene rings is 1. The van der Waals surface area contributed by atoms with Crippen molar-refractivity contribution in [3.05, 3.63) is 29.8 Å². The molecule has 2 unspecified atom stereocenters. The topological polar surface area (TPSA) is 50.4 Å². The number of ether oxygens (including phenoxy) is 1. The Morgan fingerprint density at radius 2 is 2.05 bits per heavy atom. The van der Waals surface area contributed by atoms with Gasteiger partial charge in [-0.3, -0.25) is 4.79 Å². The van der Waals surface area contributed by atoms with Crippen LogP contribution in [0.2, 0.25) is 0 Å². The van der Waals surface area contributed by atoms with Gasteiger partial charge in [0, 0.05) is 12.6 Å². The summed E-state index contributed by atoms with van der Waals surface area (Å²) in [6.07, 6.45) is 1.83. The molecule has 0 aliphatic carbocycles. The first-order valence-corrected chi connectivity index (χ1v) is 8.14. The molecule has 4 heteroatoms. The van der Waals surface area contributed by atoms with Crippen LogP contribution in [0.1, 0.15) is 46.1 Å². The lowest BCUT2D eigenvalue weighted by molar-refractivity contribution is -0.127. The maximum atomic E-state index is 12.1. The lowest BCUT2D eigenvalue weighted by Gasteiger charge is -2.20. The van der Waals surface area contributed by atoms with Crippen LogP contribution in [0.25, 0.3) is 0 Å². The van der Waals surface area contributed by atoms with Crippen molar-refractivity contribution in [3.8, 4) is 5.75 Å². The second-order valence-electron chi connectivity index (χ2n) is 7.07. The van der Waals surface area contributed by atoms with Gasteiger partial charge >= 0.3 is 0 Å². The Labute approximate surface area is 133 Å². The second kappa shape index (κ2) is 7.14. The molecule has 2 N–H and O–H groups in total. The highest BCUT2D eigenvalue weighted by atomic mass is 16.5. The van der Waals surface area contributed by atoms with Crippen molar-refractivity contribution in [1.82, 2.24) is 10.6 Å². The van der Waals surface area contributed by atoms with Crippen LogP contribution in [0.15, 0.2) is 24.3 Å². The van der Waals surface area contributed by atoms with Crippen molar-refractivity contribution < 1.29 is 9.53 Å². The molecule has 2 rings (SSSR count). The molecule has 1 fully saturated rings. The summed E-state index contributed by atoms with van der Waals surface area (Å²) in [7, 11) is 0. The Bertz CT molecular complexity index is 485. The zero-order valence-corrected chi connectivity index (χ0v) is 14.1. The van der Waals surface area contributed by atoms with Crippen LogP contribution in [-0.4, -0.2) is 31.1 Å². The SMILES string of the molecule is CC(Oc1ccc(C(C)(C)C)cc1)C(=O)NCC1CCCN1. The molecule has 22 heavy (non-hydrogen) atoms. The largest absolute Gasteiger partial charge is 0.481 e. The number of amides is 1. The minimum absolute atomic E-state index is 0.0615. The van der Waals surface area contributed by atoms with Crippen LogP contribution < -0.4 is 15.4 Å². The molecule has 0 radical (unpaired) electrons. The van der Waals surface area contributed by atoms with Gasteiger partial charge in [-0.1, -0.05) is 32.9 Å². The Balaban J connectivity index is 1.82. The summed E-state index contributed by atoms with van der Waals surface area (Å²) in [5.41, 5.74) is 1.37. The molecule has 0 spiro atoms. The summed E-state index contributed by atoms with van der Waals surface area (Å²) in [4.78, 5) is 12.1. The monoisotopic (exact) mass is 304 g/mol. The predicted octanol–water partition coefficient (Wildman–Crippen LogP) is 2.62. The van der Waals surface area contributed by atoms with E-state index in [0.717, 1.165) is 18.7 Å². The Hall–Kier alpha value is -1.55. The first-order valence-electron chi connectivity index (χ1n) is 8.14. The van der Waals surface area contributed by atoms with E-state index in [1.807, 2.05) is 12.1 Å². The molecule has 1 aromatic rings. The second-order valence-corrected chi connectivity index (χ2v) is 7.07. The smallest absolute Gasteiger partial charge is 0.260 e. The molecular weight excluding hydrogens is 276 g/mol. The van der Waals surface area contributed by atoms with Crippen molar-refractivity contribution in [2.24, 2.45) is 0 Å². The van der Waals surface area contributed by atoms with Gasteiger partial charge in [0.25, 0.3) is 5.91 Å². The summed E-state index contributed by atoms with van der Waals surface area (Å²) in [5, 5.41) is 6.32. The van der Waals surface area contributed by atoms with Gasteiger partial charge in [-0.15, -0.1) is 0 Å². The third kappa shape index (κ3) is 4.73. The van der Waals surface area contributed by atoms with Gasteiger partial charge in [-0.2, -0.15) is 0 Å². The first-order chi connectivity index (χ1) is 10.4. The fourth-order valence-corrected chi connectivity index (χ4v) is 2.59. The third-order valence-electron chi connectivity index (χ3n) is 4.09. The Kier molecular flexibility index (Phi) is 5.46. The normalized spacial score (nSPS) is 19.7. The highest BCUT2D eigenvalue weighted by Crippen LogP contribution is 2.24. The number of hydrogen-bond donors (Lipinski definition) is 2. The zero-order valence-electron chi connectivity index (χ0n) is 14.1. The summed E-state index contributed by atoms with van der Waals surface area (Å²) in [6.45, 7) is 10.0. The highest BCUT2D eigenvalue weighted by molar-refractivity contribution is 5.80. The van der Waals surface area contributed by atoms with E-state index in [9.17, 15) is 4.79 Å².